The van der Waals surface area contributed by atoms with Crippen LogP contribution in [0.1, 0.15) is 51.0 Å². The van der Waals surface area contributed by atoms with Crippen molar-refractivity contribution in [3.63, 3.8) is 0 Å². The second-order valence-corrected chi connectivity index (χ2v) is 7.39. The van der Waals surface area contributed by atoms with Crippen molar-refractivity contribution in [2.45, 2.75) is 58.4 Å². The second kappa shape index (κ2) is 7.89. The lowest BCUT2D eigenvalue weighted by atomic mass is 9.86. The van der Waals surface area contributed by atoms with Gasteiger partial charge in [0.05, 0.1) is 6.54 Å². The third-order valence-corrected chi connectivity index (χ3v) is 5.57. The largest absolute Gasteiger partial charge is 0.376 e. The number of nitrogens with zero attached hydrogens (tertiary/aromatic N) is 1. The second-order valence-electron chi connectivity index (χ2n) is 7.39. The minimum absolute atomic E-state index is 0.0424. The van der Waals surface area contributed by atoms with E-state index < -0.39 is 0 Å². The Labute approximate surface area is 150 Å². The number of hydrogen-bond acceptors (Lipinski definition) is 3. The third-order valence-electron chi connectivity index (χ3n) is 5.57. The van der Waals surface area contributed by atoms with Gasteiger partial charge in [0.25, 0.3) is 0 Å². The molecule has 2 atom stereocenters. The number of benzene rings is 1. The highest BCUT2D eigenvalue weighted by molar-refractivity contribution is 5.97. The van der Waals surface area contributed by atoms with Gasteiger partial charge >= 0.3 is 0 Å². The van der Waals surface area contributed by atoms with Gasteiger partial charge in [-0.05, 0) is 49.8 Å². The first-order valence-electron chi connectivity index (χ1n) is 9.49. The van der Waals surface area contributed by atoms with Crippen molar-refractivity contribution in [1.82, 2.24) is 5.32 Å². The van der Waals surface area contributed by atoms with Crippen LogP contribution in [0.25, 0.3) is 0 Å². The van der Waals surface area contributed by atoms with E-state index in [-0.39, 0.29) is 18.4 Å². The number of amides is 2. The first kappa shape index (κ1) is 17.8. The molecule has 25 heavy (non-hydrogen) atoms. The first-order chi connectivity index (χ1) is 12.1. The van der Waals surface area contributed by atoms with Gasteiger partial charge in [0.2, 0.25) is 11.8 Å². The molecule has 3 rings (SSSR count). The fourth-order valence-electron chi connectivity index (χ4n) is 3.97. The summed E-state index contributed by atoms with van der Waals surface area (Å²) in [6, 6.07) is 6.19. The Balaban J connectivity index is 1.59. The van der Waals surface area contributed by atoms with Crippen LogP contribution in [-0.2, 0) is 9.59 Å². The molecule has 5 heteroatoms. The van der Waals surface area contributed by atoms with Crippen molar-refractivity contribution >= 4 is 23.2 Å². The molecule has 0 spiro atoms. The van der Waals surface area contributed by atoms with Gasteiger partial charge in [-0.3, -0.25) is 9.59 Å². The maximum Gasteiger partial charge on any atom is 0.239 e. The van der Waals surface area contributed by atoms with Crippen molar-refractivity contribution < 1.29 is 9.59 Å². The van der Waals surface area contributed by atoms with Crippen LogP contribution < -0.4 is 15.5 Å². The Kier molecular flexibility index (Phi) is 5.61. The molecule has 1 aliphatic carbocycles. The van der Waals surface area contributed by atoms with Gasteiger partial charge in [-0.1, -0.05) is 25.8 Å². The zero-order valence-electron chi connectivity index (χ0n) is 15.3. The summed E-state index contributed by atoms with van der Waals surface area (Å²) in [6.07, 6.45) is 6.29. The Morgan fingerprint density at radius 3 is 2.76 bits per heavy atom. The summed E-state index contributed by atoms with van der Waals surface area (Å²) < 4.78 is 0. The molecular weight excluding hydrogens is 314 g/mol. The van der Waals surface area contributed by atoms with Gasteiger partial charge in [-0.25, -0.2) is 0 Å². The number of rotatable bonds is 5. The zero-order chi connectivity index (χ0) is 17.8. The van der Waals surface area contributed by atoms with Gasteiger partial charge in [0.1, 0.15) is 0 Å². The van der Waals surface area contributed by atoms with Crippen LogP contribution >= 0.6 is 0 Å². The van der Waals surface area contributed by atoms with Crippen molar-refractivity contribution in [3.05, 3.63) is 23.8 Å². The highest BCUT2D eigenvalue weighted by Gasteiger charge is 2.24. The number of anilines is 2. The molecule has 136 valence electrons. The third kappa shape index (κ3) is 4.14. The Hall–Kier alpha value is -2.04. The predicted octanol–water partition coefficient (Wildman–Crippen LogP) is 3.23. The van der Waals surface area contributed by atoms with E-state index in [0.29, 0.717) is 18.4 Å². The normalized spacial score (nSPS) is 23.6. The maximum absolute atomic E-state index is 12.3. The van der Waals surface area contributed by atoms with Crippen molar-refractivity contribution in [3.8, 4) is 0 Å². The lowest BCUT2D eigenvalue weighted by Gasteiger charge is -2.29. The van der Waals surface area contributed by atoms with E-state index in [1.807, 2.05) is 30.0 Å². The molecule has 0 unspecified atom stereocenters. The number of carbonyl (C=O) groups is 2. The fourth-order valence-corrected chi connectivity index (χ4v) is 3.97. The van der Waals surface area contributed by atoms with E-state index in [9.17, 15) is 9.59 Å². The first-order valence-corrected chi connectivity index (χ1v) is 9.49. The fraction of sp³-hybridized carbons (Fsp3) is 0.600. The van der Waals surface area contributed by atoms with Gasteiger partial charge < -0.3 is 15.5 Å². The van der Waals surface area contributed by atoms with Gasteiger partial charge in [0.15, 0.2) is 0 Å². The molecule has 1 aliphatic heterocycles. The summed E-state index contributed by atoms with van der Waals surface area (Å²) in [5.74, 6) is 0.786. The number of hydrogen-bond donors (Lipinski definition) is 2. The summed E-state index contributed by atoms with van der Waals surface area (Å²) in [5.41, 5.74) is 2.90. The van der Waals surface area contributed by atoms with E-state index in [0.717, 1.165) is 36.3 Å². The minimum Gasteiger partial charge on any atom is -0.376 e. The summed E-state index contributed by atoms with van der Waals surface area (Å²) >= 11 is 0. The molecule has 0 radical (unpaired) electrons. The highest BCUT2D eigenvalue weighted by Crippen LogP contribution is 2.30. The molecule has 0 aromatic heterocycles. The van der Waals surface area contributed by atoms with Gasteiger partial charge in [-0.2, -0.15) is 0 Å². The molecule has 2 N–H and O–H groups in total. The predicted molar refractivity (Wildman–Crippen MR) is 101 cm³/mol. The molecule has 0 bridgehead atoms. The molecule has 5 nitrogen and oxygen atoms in total. The van der Waals surface area contributed by atoms with E-state index in [2.05, 4.69) is 17.6 Å². The van der Waals surface area contributed by atoms with E-state index in [4.69, 9.17) is 0 Å². The molecule has 2 amide bonds. The number of nitrogens with one attached hydrogen (secondary N) is 2. The monoisotopic (exact) mass is 343 g/mol. The van der Waals surface area contributed by atoms with Crippen molar-refractivity contribution in [1.29, 1.82) is 0 Å². The van der Waals surface area contributed by atoms with Crippen LogP contribution in [0.3, 0.4) is 0 Å². The molecule has 1 saturated heterocycles. The van der Waals surface area contributed by atoms with E-state index in [1.165, 1.54) is 19.3 Å². The summed E-state index contributed by atoms with van der Waals surface area (Å²) in [4.78, 5) is 26.1. The van der Waals surface area contributed by atoms with Crippen LogP contribution in [0.4, 0.5) is 11.4 Å². The maximum atomic E-state index is 12.3. The average Bonchev–Trinajstić information content (AvgIpc) is 3.02. The minimum atomic E-state index is 0.0424. The van der Waals surface area contributed by atoms with Crippen molar-refractivity contribution in [2.24, 2.45) is 5.92 Å². The Morgan fingerprint density at radius 2 is 2.04 bits per heavy atom. The van der Waals surface area contributed by atoms with Gasteiger partial charge in [-0.15, -0.1) is 0 Å². The van der Waals surface area contributed by atoms with Crippen LogP contribution in [-0.4, -0.2) is 30.9 Å². The summed E-state index contributed by atoms with van der Waals surface area (Å²) in [7, 11) is 0. The summed E-state index contributed by atoms with van der Waals surface area (Å²) in [6.45, 7) is 5.27. The highest BCUT2D eigenvalue weighted by atomic mass is 16.2. The average molecular weight is 343 g/mol. The standard InChI is InChI=1S/C20H29N3O2/c1-14-7-3-4-8-16(14)22-19(24)13-21-17-9-5-10-18(15(17)2)23-12-6-11-20(23)25/h5,9-10,14,16,21H,3-4,6-8,11-13H2,1-2H3,(H,22,24)/t14-,16-/m1/s1. The summed E-state index contributed by atoms with van der Waals surface area (Å²) in [5, 5.41) is 6.41. The van der Waals surface area contributed by atoms with E-state index in [1.54, 1.807) is 0 Å². The lowest BCUT2D eigenvalue weighted by molar-refractivity contribution is -0.120. The molecule has 2 fully saturated rings. The van der Waals surface area contributed by atoms with Crippen LogP contribution in [0, 0.1) is 12.8 Å². The lowest BCUT2D eigenvalue weighted by Crippen LogP contribution is -2.43. The van der Waals surface area contributed by atoms with Crippen molar-refractivity contribution in [2.75, 3.05) is 23.3 Å². The molecule has 1 aromatic rings. The zero-order valence-corrected chi connectivity index (χ0v) is 15.3. The van der Waals surface area contributed by atoms with Crippen LogP contribution in [0.15, 0.2) is 18.2 Å². The van der Waals surface area contributed by atoms with E-state index >= 15 is 0 Å². The smallest absolute Gasteiger partial charge is 0.239 e. The topological polar surface area (TPSA) is 61.4 Å². The van der Waals surface area contributed by atoms with Crippen LogP contribution in [0.5, 0.6) is 0 Å². The molecule has 1 saturated carbocycles. The molecule has 2 aliphatic rings. The Morgan fingerprint density at radius 1 is 1.24 bits per heavy atom. The Bertz CT molecular complexity index is 644. The molecule has 1 aromatic carbocycles. The van der Waals surface area contributed by atoms with Gasteiger partial charge in [0, 0.05) is 30.4 Å². The number of carbonyl (C=O) groups excluding carboxylic acids is 2. The SMILES string of the molecule is Cc1c(NCC(=O)N[C@@H]2CCCC[C@H]2C)cccc1N1CCCC1=O. The van der Waals surface area contributed by atoms with Crippen LogP contribution in [0.2, 0.25) is 0 Å². The quantitative estimate of drug-likeness (QED) is 0.863. The molecular formula is C20H29N3O2. The molecule has 1 heterocycles.